The highest BCUT2D eigenvalue weighted by Gasteiger charge is 2.19. The fourth-order valence-corrected chi connectivity index (χ4v) is 4.35. The number of thioether (sulfide) groups is 1. The van der Waals surface area contributed by atoms with Crippen molar-refractivity contribution in [3.63, 3.8) is 0 Å². The fourth-order valence-electron chi connectivity index (χ4n) is 3.53. The molecule has 0 bridgehead atoms. The third-order valence-electron chi connectivity index (χ3n) is 5.16. The number of anilines is 2. The molecule has 0 radical (unpaired) electrons. The molecule has 0 aliphatic heterocycles. The van der Waals surface area contributed by atoms with Crippen LogP contribution in [0.1, 0.15) is 47.5 Å². The van der Waals surface area contributed by atoms with Gasteiger partial charge in [-0.2, -0.15) is 0 Å². The van der Waals surface area contributed by atoms with Crippen LogP contribution >= 0.6 is 11.8 Å². The fraction of sp³-hybridized carbons (Fsp3) is 0.333. The van der Waals surface area contributed by atoms with Gasteiger partial charge in [0.2, 0.25) is 0 Å². The summed E-state index contributed by atoms with van der Waals surface area (Å²) in [4.78, 5) is 13.4. The van der Waals surface area contributed by atoms with E-state index in [1.54, 1.807) is 12.1 Å². The van der Waals surface area contributed by atoms with Gasteiger partial charge in [-0.15, -0.1) is 0 Å². The Hall–Kier alpha value is -2.59. The molecule has 3 rings (SSSR count). The van der Waals surface area contributed by atoms with Crippen molar-refractivity contribution in [2.45, 2.75) is 36.5 Å². The molecule has 2 aromatic carbocycles. The van der Waals surface area contributed by atoms with Gasteiger partial charge >= 0.3 is 0 Å². The number of amides is 1. The highest BCUT2D eigenvalue weighted by molar-refractivity contribution is 8.13. The number of nitrogens with one attached hydrogen (secondary N) is 3. The zero-order chi connectivity index (χ0) is 21.5. The lowest BCUT2D eigenvalue weighted by Gasteiger charge is -2.18. The number of rotatable bonds is 7. The maximum atomic E-state index is 12.9. The molecule has 30 heavy (non-hydrogen) atoms. The van der Waals surface area contributed by atoms with Crippen molar-refractivity contribution >= 4 is 34.2 Å². The van der Waals surface area contributed by atoms with Gasteiger partial charge in [0, 0.05) is 10.6 Å². The smallest absolute Gasteiger partial charge is 0.256 e. The lowest BCUT2D eigenvalue weighted by molar-refractivity contribution is 0.102. The molecule has 1 saturated carbocycles. The van der Waals surface area contributed by atoms with Crippen LogP contribution in [0.15, 0.2) is 47.4 Å². The predicted molar refractivity (Wildman–Crippen MR) is 119 cm³/mol. The summed E-state index contributed by atoms with van der Waals surface area (Å²) in [7, 11) is 0. The Kier molecular flexibility index (Phi) is 7.69. The Morgan fingerprint density at radius 3 is 2.47 bits per heavy atom. The Labute approximate surface area is 179 Å². The van der Waals surface area contributed by atoms with E-state index in [1.165, 1.54) is 37.3 Å². The summed E-state index contributed by atoms with van der Waals surface area (Å²) in [5, 5.41) is 30.2. The third kappa shape index (κ3) is 5.51. The van der Waals surface area contributed by atoms with Crippen LogP contribution in [0.3, 0.4) is 0 Å². The number of aliphatic hydroxyl groups excluding tert-OH is 1. The summed E-state index contributed by atoms with van der Waals surface area (Å²) in [6.45, 7) is -0.0754. The number of benzene rings is 2. The van der Waals surface area contributed by atoms with Gasteiger partial charge in [-0.05, 0) is 54.7 Å². The molecule has 0 heterocycles. The Morgan fingerprint density at radius 1 is 1.17 bits per heavy atom. The van der Waals surface area contributed by atoms with Crippen LogP contribution in [0, 0.1) is 5.41 Å². The van der Waals surface area contributed by atoms with E-state index in [2.05, 4.69) is 17.4 Å². The van der Waals surface area contributed by atoms with Gasteiger partial charge in [0.05, 0.1) is 24.4 Å². The van der Waals surface area contributed by atoms with Crippen molar-refractivity contribution in [2.24, 2.45) is 5.84 Å². The lowest BCUT2D eigenvalue weighted by Crippen LogP contribution is -2.37. The SMILES string of the molecule is N=C(Sc1ccc(NO)cc1C(=O)Nc1ccc(C2CCCC2)cc1)N(N)CCO. The van der Waals surface area contributed by atoms with E-state index >= 15 is 0 Å². The molecule has 0 spiro atoms. The van der Waals surface area contributed by atoms with E-state index in [9.17, 15) is 10.0 Å². The van der Waals surface area contributed by atoms with Crippen molar-refractivity contribution in [3.8, 4) is 0 Å². The van der Waals surface area contributed by atoms with E-state index in [0.717, 1.165) is 16.8 Å². The first kappa shape index (κ1) is 22.1. The minimum Gasteiger partial charge on any atom is -0.394 e. The van der Waals surface area contributed by atoms with Crippen LogP contribution in [0.2, 0.25) is 0 Å². The lowest BCUT2D eigenvalue weighted by atomic mass is 9.97. The number of hydrogen-bond donors (Lipinski definition) is 6. The zero-order valence-electron chi connectivity index (χ0n) is 16.6. The molecular weight excluding hydrogens is 402 g/mol. The molecule has 9 heteroatoms. The van der Waals surface area contributed by atoms with E-state index in [0.29, 0.717) is 27.8 Å². The van der Waals surface area contributed by atoms with Gasteiger partial charge < -0.3 is 10.4 Å². The van der Waals surface area contributed by atoms with Gasteiger partial charge in [0.25, 0.3) is 5.91 Å². The molecular formula is C21H27N5O3S. The normalized spacial score (nSPS) is 13.8. The quantitative estimate of drug-likeness (QED) is 0.130. The van der Waals surface area contributed by atoms with Crippen molar-refractivity contribution < 1.29 is 15.1 Å². The molecule has 1 fully saturated rings. The number of nitrogens with zero attached hydrogens (tertiary/aromatic N) is 1. The molecule has 1 aliphatic carbocycles. The number of aliphatic hydroxyl groups is 1. The second-order valence-corrected chi connectivity index (χ2v) is 8.24. The molecule has 160 valence electrons. The standard InChI is InChI=1S/C21H27N5O3S/c22-21(26(23)11-12-27)30-19-10-9-17(25-29)13-18(19)20(28)24-16-7-5-15(6-8-16)14-3-1-2-4-14/h5-10,13-14,22,25,27,29H,1-4,11-12,23H2,(H,24,28). The van der Waals surface area contributed by atoms with Crippen LogP contribution in [-0.4, -0.2) is 39.5 Å². The molecule has 1 amide bonds. The Bertz CT molecular complexity index is 885. The van der Waals surface area contributed by atoms with Crippen LogP contribution < -0.4 is 16.6 Å². The van der Waals surface area contributed by atoms with Crippen LogP contribution in [0.4, 0.5) is 11.4 Å². The maximum Gasteiger partial charge on any atom is 0.256 e. The second-order valence-electron chi connectivity index (χ2n) is 7.20. The first-order valence-corrected chi connectivity index (χ1v) is 10.7. The zero-order valence-corrected chi connectivity index (χ0v) is 17.4. The minimum atomic E-state index is -0.359. The van der Waals surface area contributed by atoms with Crippen molar-refractivity contribution in [1.82, 2.24) is 5.01 Å². The van der Waals surface area contributed by atoms with Crippen molar-refractivity contribution in [2.75, 3.05) is 23.9 Å². The van der Waals surface area contributed by atoms with Crippen molar-refractivity contribution in [1.29, 1.82) is 5.41 Å². The Morgan fingerprint density at radius 2 is 1.83 bits per heavy atom. The number of nitrogens with two attached hydrogens (primary N) is 1. The van der Waals surface area contributed by atoms with E-state index < -0.39 is 0 Å². The second kappa shape index (κ2) is 10.4. The summed E-state index contributed by atoms with van der Waals surface area (Å²) in [5.74, 6) is 5.97. The number of amidine groups is 1. The minimum absolute atomic E-state index is 0.0104. The molecule has 0 unspecified atom stereocenters. The maximum absolute atomic E-state index is 12.9. The third-order valence-corrected chi connectivity index (χ3v) is 6.16. The number of hydrazine groups is 1. The van der Waals surface area contributed by atoms with E-state index in [1.807, 2.05) is 17.6 Å². The average molecular weight is 430 g/mol. The summed E-state index contributed by atoms with van der Waals surface area (Å²) in [5.41, 5.74) is 4.66. The largest absolute Gasteiger partial charge is 0.394 e. The molecule has 1 aliphatic rings. The topological polar surface area (TPSA) is 135 Å². The first-order valence-electron chi connectivity index (χ1n) is 9.86. The molecule has 0 aromatic heterocycles. The average Bonchev–Trinajstić information content (AvgIpc) is 3.29. The molecule has 8 nitrogen and oxygen atoms in total. The Balaban J connectivity index is 1.75. The van der Waals surface area contributed by atoms with E-state index in [4.69, 9.17) is 16.4 Å². The van der Waals surface area contributed by atoms with Crippen LogP contribution in [0.25, 0.3) is 0 Å². The monoisotopic (exact) mass is 429 g/mol. The summed E-state index contributed by atoms with van der Waals surface area (Å²) >= 11 is 0.998. The molecule has 7 N–H and O–H groups in total. The van der Waals surface area contributed by atoms with Gasteiger partial charge in [0.1, 0.15) is 0 Å². The van der Waals surface area contributed by atoms with Gasteiger partial charge in [-0.1, -0.05) is 36.7 Å². The van der Waals surface area contributed by atoms with Crippen LogP contribution in [-0.2, 0) is 0 Å². The van der Waals surface area contributed by atoms with Crippen LogP contribution in [0.5, 0.6) is 0 Å². The summed E-state index contributed by atoms with van der Waals surface area (Å²) in [6.07, 6.45) is 4.97. The number of carbonyl (C=O) groups is 1. The molecule has 2 aromatic rings. The van der Waals surface area contributed by atoms with Gasteiger partial charge in [-0.3, -0.25) is 25.9 Å². The van der Waals surface area contributed by atoms with Gasteiger partial charge in [-0.25, -0.2) is 5.84 Å². The van der Waals surface area contributed by atoms with E-state index in [-0.39, 0.29) is 24.2 Å². The number of carbonyl (C=O) groups excluding carboxylic acids is 1. The summed E-state index contributed by atoms with van der Waals surface area (Å²) in [6, 6.07) is 12.6. The van der Waals surface area contributed by atoms with Crippen molar-refractivity contribution in [3.05, 3.63) is 53.6 Å². The highest BCUT2D eigenvalue weighted by atomic mass is 32.2. The molecule has 0 atom stereocenters. The summed E-state index contributed by atoms with van der Waals surface area (Å²) < 4.78 is 0. The molecule has 0 saturated heterocycles. The number of hydrogen-bond acceptors (Lipinski definition) is 7. The highest BCUT2D eigenvalue weighted by Crippen LogP contribution is 2.34. The first-order chi connectivity index (χ1) is 14.5. The van der Waals surface area contributed by atoms with Gasteiger partial charge in [0.15, 0.2) is 5.17 Å². The predicted octanol–water partition coefficient (Wildman–Crippen LogP) is 3.59.